The molecule has 0 aromatic rings. The van der Waals surface area contributed by atoms with Crippen LogP contribution in [-0.4, -0.2) is 69.8 Å². The predicted molar refractivity (Wildman–Crippen MR) is 49.2 cm³/mol. The molecule has 0 heterocycles. The highest BCUT2D eigenvalue weighted by atomic mass is 19.4. The Morgan fingerprint density at radius 1 is 1.22 bits per heavy atom. The van der Waals surface area contributed by atoms with Crippen LogP contribution in [0.15, 0.2) is 0 Å². The molecule has 0 saturated heterocycles. The van der Waals surface area contributed by atoms with Gasteiger partial charge in [0.1, 0.15) is 30.6 Å². The fraction of sp³-hybridized carbons (Fsp3) is 0.750. The van der Waals surface area contributed by atoms with E-state index in [-0.39, 0.29) is 6.29 Å². The van der Waals surface area contributed by atoms with E-state index in [2.05, 4.69) is 0 Å². The van der Waals surface area contributed by atoms with Crippen LogP contribution in [0.4, 0.5) is 13.2 Å². The molecule has 4 atom stereocenters. The first-order chi connectivity index (χ1) is 8.15. The van der Waals surface area contributed by atoms with Crippen LogP contribution in [0.25, 0.3) is 0 Å². The number of carbonyl (C=O) groups is 2. The van der Waals surface area contributed by atoms with Gasteiger partial charge >= 0.3 is 12.1 Å². The molecule has 0 rings (SSSR count). The van der Waals surface area contributed by atoms with Gasteiger partial charge < -0.3 is 30.5 Å². The molecular formula is C8H12F3NO6. The largest absolute Gasteiger partial charge is 0.471 e. The Morgan fingerprint density at radius 3 is 2.06 bits per heavy atom. The van der Waals surface area contributed by atoms with Gasteiger partial charge in [-0.2, -0.15) is 13.2 Å². The Bertz CT molecular complexity index is 297. The molecule has 7 nitrogen and oxygen atoms in total. The summed E-state index contributed by atoms with van der Waals surface area (Å²) in [7, 11) is 0. The number of hydrogen-bond acceptors (Lipinski definition) is 6. The van der Waals surface area contributed by atoms with Crippen LogP contribution in [0.1, 0.15) is 0 Å². The van der Waals surface area contributed by atoms with Crippen molar-refractivity contribution < 1.29 is 43.2 Å². The second kappa shape index (κ2) is 6.64. The van der Waals surface area contributed by atoms with Crippen molar-refractivity contribution in [2.24, 2.45) is 0 Å². The Hall–Kier alpha value is -1.23. The van der Waals surface area contributed by atoms with Crippen LogP contribution in [0.3, 0.4) is 0 Å². The maximum atomic E-state index is 11.9. The third-order valence-corrected chi connectivity index (χ3v) is 2.00. The minimum absolute atomic E-state index is 0.235. The summed E-state index contributed by atoms with van der Waals surface area (Å²) in [6.07, 6.45) is -11.7. The van der Waals surface area contributed by atoms with E-state index in [0.29, 0.717) is 0 Å². The van der Waals surface area contributed by atoms with Crippen LogP contribution in [0.2, 0.25) is 0 Å². The van der Waals surface area contributed by atoms with Gasteiger partial charge in [-0.15, -0.1) is 0 Å². The summed E-state index contributed by atoms with van der Waals surface area (Å²) in [5.41, 5.74) is 0. The normalized spacial score (nSPS) is 18.6. The van der Waals surface area contributed by atoms with Gasteiger partial charge in [0.2, 0.25) is 0 Å². The van der Waals surface area contributed by atoms with E-state index in [4.69, 9.17) is 15.3 Å². The summed E-state index contributed by atoms with van der Waals surface area (Å²) in [6.45, 7) is -0.989. The molecule has 0 aliphatic rings. The Kier molecular flexibility index (Phi) is 6.18. The van der Waals surface area contributed by atoms with Gasteiger partial charge in [0.15, 0.2) is 0 Å². The van der Waals surface area contributed by atoms with E-state index in [0.717, 1.165) is 5.32 Å². The lowest BCUT2D eigenvalue weighted by Crippen LogP contribution is -2.55. The number of aldehydes is 1. The average Bonchev–Trinajstić information content (AvgIpc) is 2.31. The molecule has 5 N–H and O–H groups in total. The van der Waals surface area contributed by atoms with E-state index in [1.54, 1.807) is 0 Å². The zero-order valence-electron chi connectivity index (χ0n) is 8.83. The second-order valence-corrected chi connectivity index (χ2v) is 3.36. The summed E-state index contributed by atoms with van der Waals surface area (Å²) in [6, 6.07) is -2.07. The number of rotatable bonds is 6. The van der Waals surface area contributed by atoms with Gasteiger partial charge in [-0.1, -0.05) is 0 Å². The molecule has 10 heteroatoms. The number of nitrogens with one attached hydrogen (secondary N) is 1. The van der Waals surface area contributed by atoms with Crippen LogP contribution in [0, 0.1) is 0 Å². The lowest BCUT2D eigenvalue weighted by Gasteiger charge is -2.26. The predicted octanol–water partition coefficient (Wildman–Crippen LogP) is -2.69. The van der Waals surface area contributed by atoms with Crippen LogP contribution < -0.4 is 5.32 Å². The zero-order valence-corrected chi connectivity index (χ0v) is 8.83. The maximum absolute atomic E-state index is 11.9. The molecule has 0 saturated carbocycles. The van der Waals surface area contributed by atoms with Crippen LogP contribution in [-0.2, 0) is 9.59 Å². The topological polar surface area (TPSA) is 127 Å². The Morgan fingerprint density at radius 2 is 1.72 bits per heavy atom. The lowest BCUT2D eigenvalue weighted by molar-refractivity contribution is -0.176. The molecule has 0 bridgehead atoms. The highest BCUT2D eigenvalue weighted by Gasteiger charge is 2.42. The summed E-state index contributed by atoms with van der Waals surface area (Å²) in [4.78, 5) is 20.9. The highest BCUT2D eigenvalue weighted by Crippen LogP contribution is 2.15. The highest BCUT2D eigenvalue weighted by molar-refractivity contribution is 5.84. The van der Waals surface area contributed by atoms with Gasteiger partial charge in [-0.25, -0.2) is 0 Å². The van der Waals surface area contributed by atoms with Crippen molar-refractivity contribution in [2.45, 2.75) is 30.5 Å². The monoisotopic (exact) mass is 275 g/mol. The summed E-state index contributed by atoms with van der Waals surface area (Å²) >= 11 is 0. The molecule has 0 radical (unpaired) electrons. The lowest BCUT2D eigenvalue weighted by atomic mass is 10.0. The second-order valence-electron chi connectivity index (χ2n) is 3.36. The van der Waals surface area contributed by atoms with Crippen molar-refractivity contribution in [1.82, 2.24) is 5.32 Å². The van der Waals surface area contributed by atoms with Crippen molar-refractivity contribution in [3.05, 3.63) is 0 Å². The van der Waals surface area contributed by atoms with E-state index in [9.17, 15) is 27.9 Å². The Balaban J connectivity index is 4.69. The molecule has 1 amide bonds. The average molecular weight is 275 g/mol. The van der Waals surface area contributed by atoms with Crippen molar-refractivity contribution in [1.29, 1.82) is 0 Å². The molecule has 18 heavy (non-hydrogen) atoms. The molecule has 0 aromatic heterocycles. The van der Waals surface area contributed by atoms with Crippen molar-refractivity contribution >= 4 is 12.2 Å². The SMILES string of the molecule is O=C[C@@H](NC(=O)C(F)(F)F)[C@@H](O)[C@H](O)[C@H](O)CO. The number of aliphatic hydroxyl groups excluding tert-OH is 4. The molecule has 0 spiro atoms. The fourth-order valence-electron chi connectivity index (χ4n) is 0.981. The molecule has 0 aliphatic carbocycles. The quantitative estimate of drug-likeness (QED) is 0.336. The minimum atomic E-state index is -5.26. The number of hydrogen-bond donors (Lipinski definition) is 5. The van der Waals surface area contributed by atoms with Gasteiger partial charge in [-0.3, -0.25) is 4.79 Å². The third-order valence-electron chi connectivity index (χ3n) is 2.00. The Labute approximate surface area is 98.8 Å². The smallest absolute Gasteiger partial charge is 0.394 e. The molecule has 0 aliphatic heterocycles. The molecular weight excluding hydrogens is 263 g/mol. The maximum Gasteiger partial charge on any atom is 0.471 e. The standard InChI is InChI=1S/C8H12F3NO6/c9-8(10,11)7(18)12-3(1-13)5(16)6(17)4(15)2-14/h1,3-6,14-17H,2H2,(H,12,18)/t3-,4-,5-,6-/m1/s1. The van der Waals surface area contributed by atoms with Crippen molar-refractivity contribution in [3.63, 3.8) is 0 Å². The summed E-state index contributed by atoms with van der Waals surface area (Å²) in [5, 5.41) is 36.9. The molecule has 0 aromatic carbocycles. The first-order valence-electron chi connectivity index (χ1n) is 4.63. The molecule has 0 unspecified atom stereocenters. The van der Waals surface area contributed by atoms with E-state index >= 15 is 0 Å². The number of alkyl halides is 3. The zero-order chi connectivity index (χ0) is 14.5. The fourth-order valence-corrected chi connectivity index (χ4v) is 0.981. The van der Waals surface area contributed by atoms with E-state index in [1.165, 1.54) is 0 Å². The number of carbonyl (C=O) groups excluding carboxylic acids is 2. The van der Waals surface area contributed by atoms with Gasteiger partial charge in [0, 0.05) is 0 Å². The van der Waals surface area contributed by atoms with Crippen molar-refractivity contribution in [2.75, 3.05) is 6.61 Å². The van der Waals surface area contributed by atoms with E-state index < -0.39 is 43.0 Å². The minimum Gasteiger partial charge on any atom is -0.394 e. The van der Waals surface area contributed by atoms with Gasteiger partial charge in [0.05, 0.1) is 6.61 Å². The van der Waals surface area contributed by atoms with E-state index in [1.807, 2.05) is 0 Å². The van der Waals surface area contributed by atoms with Gasteiger partial charge in [-0.05, 0) is 0 Å². The first-order valence-corrected chi connectivity index (χ1v) is 4.63. The third kappa shape index (κ3) is 4.56. The molecule has 106 valence electrons. The van der Waals surface area contributed by atoms with Crippen LogP contribution >= 0.6 is 0 Å². The summed E-state index contributed by atoms with van der Waals surface area (Å²) in [5.74, 6) is -2.48. The number of halogens is 3. The number of aliphatic hydroxyl groups is 4. The van der Waals surface area contributed by atoms with Crippen molar-refractivity contribution in [3.8, 4) is 0 Å². The van der Waals surface area contributed by atoms with Crippen LogP contribution in [0.5, 0.6) is 0 Å². The first kappa shape index (κ1) is 16.8. The molecule has 0 fully saturated rings. The summed E-state index contributed by atoms with van der Waals surface area (Å²) < 4.78 is 35.6. The number of amides is 1. The van der Waals surface area contributed by atoms with Gasteiger partial charge in [0.25, 0.3) is 0 Å².